The van der Waals surface area contributed by atoms with E-state index < -0.39 is 5.97 Å². The van der Waals surface area contributed by atoms with E-state index in [1.54, 1.807) is 48.5 Å². The lowest BCUT2D eigenvalue weighted by molar-refractivity contribution is -0.132. The fourth-order valence-electron chi connectivity index (χ4n) is 2.05. The predicted molar refractivity (Wildman–Crippen MR) is 96.7 cm³/mol. The number of hydrogen-bond acceptors (Lipinski definition) is 5. The van der Waals surface area contributed by atoms with Crippen molar-refractivity contribution in [1.82, 2.24) is 0 Å². The zero-order valence-electron chi connectivity index (χ0n) is 13.9. The fraction of sp³-hybridized carbons (Fsp3) is 0.158. The summed E-state index contributed by atoms with van der Waals surface area (Å²) in [5.74, 6) is 0.287. The molecular formula is C19H16ClNO5. The first kappa shape index (κ1) is 19.2. The van der Waals surface area contributed by atoms with Crippen molar-refractivity contribution in [1.29, 1.82) is 5.26 Å². The quantitative estimate of drug-likeness (QED) is 0.430. The van der Waals surface area contributed by atoms with Gasteiger partial charge in [0.2, 0.25) is 0 Å². The molecule has 0 unspecified atom stereocenters. The van der Waals surface area contributed by atoms with Gasteiger partial charge in [0.1, 0.15) is 30.6 Å². The molecule has 26 heavy (non-hydrogen) atoms. The Bertz CT molecular complexity index is 840. The Morgan fingerprint density at radius 3 is 2.46 bits per heavy atom. The van der Waals surface area contributed by atoms with Crippen LogP contribution in [0.4, 0.5) is 0 Å². The summed E-state index contributed by atoms with van der Waals surface area (Å²) in [7, 11) is 1.50. The molecule has 0 fully saturated rings. The summed E-state index contributed by atoms with van der Waals surface area (Å²) >= 11 is 5.81. The van der Waals surface area contributed by atoms with Gasteiger partial charge in [0.25, 0.3) is 0 Å². The van der Waals surface area contributed by atoms with Gasteiger partial charge >= 0.3 is 5.97 Å². The molecule has 0 aromatic heterocycles. The number of carboxylic acid groups (broad SMARTS) is 1. The molecule has 0 aliphatic carbocycles. The zero-order valence-corrected chi connectivity index (χ0v) is 14.7. The Hall–Kier alpha value is -3.17. The van der Waals surface area contributed by atoms with Crippen LogP contribution in [0, 0.1) is 11.3 Å². The maximum atomic E-state index is 10.9. The lowest BCUT2D eigenvalue weighted by atomic mass is 10.1. The van der Waals surface area contributed by atoms with E-state index in [0.717, 1.165) is 0 Å². The first-order valence-corrected chi connectivity index (χ1v) is 7.95. The van der Waals surface area contributed by atoms with E-state index in [1.165, 1.54) is 13.2 Å². The second kappa shape index (κ2) is 9.35. The number of carbonyl (C=O) groups is 1. The van der Waals surface area contributed by atoms with E-state index in [-0.39, 0.29) is 12.2 Å². The highest BCUT2D eigenvalue weighted by Gasteiger charge is 2.09. The lowest BCUT2D eigenvalue weighted by Crippen LogP contribution is -2.09. The topological polar surface area (TPSA) is 88.8 Å². The maximum absolute atomic E-state index is 10.9. The van der Waals surface area contributed by atoms with Crippen molar-refractivity contribution in [2.45, 2.75) is 0 Å². The lowest BCUT2D eigenvalue weighted by Gasteiger charge is -2.12. The van der Waals surface area contributed by atoms with Crippen molar-refractivity contribution in [3.8, 4) is 23.3 Å². The van der Waals surface area contributed by atoms with E-state index in [0.29, 0.717) is 34.4 Å². The normalized spacial score (nSPS) is 10.7. The number of hydrogen-bond donors (Lipinski definition) is 1. The molecule has 0 atom stereocenters. The Labute approximate surface area is 155 Å². The second-order valence-electron chi connectivity index (χ2n) is 5.04. The summed E-state index contributed by atoms with van der Waals surface area (Å²) in [5.41, 5.74) is 0.144. The minimum atomic E-state index is -1.29. The number of benzene rings is 2. The predicted octanol–water partition coefficient (Wildman–Crippen LogP) is 3.80. The molecule has 2 rings (SSSR count). The highest BCUT2D eigenvalue weighted by atomic mass is 35.5. The number of nitrogens with zero attached hydrogens (tertiary/aromatic N) is 1. The third-order valence-corrected chi connectivity index (χ3v) is 3.52. The third kappa shape index (κ3) is 5.43. The van der Waals surface area contributed by atoms with Gasteiger partial charge in [-0.25, -0.2) is 4.79 Å². The summed E-state index contributed by atoms with van der Waals surface area (Å²) in [5, 5.41) is 18.4. The van der Waals surface area contributed by atoms with Gasteiger partial charge in [0, 0.05) is 5.02 Å². The van der Waals surface area contributed by atoms with Gasteiger partial charge in [0.15, 0.2) is 11.5 Å². The highest BCUT2D eigenvalue weighted by Crippen LogP contribution is 2.29. The number of nitriles is 1. The van der Waals surface area contributed by atoms with Crippen LogP contribution in [-0.2, 0) is 4.79 Å². The van der Waals surface area contributed by atoms with Gasteiger partial charge in [-0.1, -0.05) is 17.7 Å². The molecule has 0 spiro atoms. The number of ether oxygens (including phenoxy) is 3. The van der Waals surface area contributed by atoms with Crippen LogP contribution in [0.3, 0.4) is 0 Å². The summed E-state index contributed by atoms with van der Waals surface area (Å²) in [6, 6.07) is 13.5. The zero-order chi connectivity index (χ0) is 18.9. The van der Waals surface area contributed by atoms with Gasteiger partial charge in [-0.15, -0.1) is 0 Å². The molecule has 0 heterocycles. The Kier molecular flexibility index (Phi) is 6.89. The second-order valence-corrected chi connectivity index (χ2v) is 5.47. The SMILES string of the molecule is COc1ccc(C=C(C#N)C(=O)O)cc1OCCOc1ccc(Cl)cc1. The number of aliphatic carboxylic acids is 1. The van der Waals surface area contributed by atoms with Crippen molar-refractivity contribution in [3.63, 3.8) is 0 Å². The molecule has 2 aromatic rings. The van der Waals surface area contributed by atoms with E-state index in [9.17, 15) is 4.79 Å². The van der Waals surface area contributed by atoms with Crippen molar-refractivity contribution < 1.29 is 24.1 Å². The van der Waals surface area contributed by atoms with Crippen LogP contribution in [0.1, 0.15) is 5.56 Å². The monoisotopic (exact) mass is 373 g/mol. The number of methoxy groups -OCH3 is 1. The average molecular weight is 374 g/mol. The van der Waals surface area contributed by atoms with Crippen molar-refractivity contribution in [2.75, 3.05) is 20.3 Å². The molecule has 0 amide bonds. The first-order chi connectivity index (χ1) is 12.5. The molecule has 6 nitrogen and oxygen atoms in total. The van der Waals surface area contributed by atoms with Crippen LogP contribution >= 0.6 is 11.6 Å². The van der Waals surface area contributed by atoms with Gasteiger partial charge in [-0.3, -0.25) is 0 Å². The number of halogens is 1. The molecule has 0 bridgehead atoms. The molecule has 0 aliphatic rings. The molecular weight excluding hydrogens is 358 g/mol. The van der Waals surface area contributed by atoms with Crippen LogP contribution in [0.5, 0.6) is 17.2 Å². The molecule has 1 N–H and O–H groups in total. The fourth-order valence-corrected chi connectivity index (χ4v) is 2.17. The van der Waals surface area contributed by atoms with Gasteiger partial charge < -0.3 is 19.3 Å². The molecule has 2 aromatic carbocycles. The minimum absolute atomic E-state index is 0.246. The molecule has 0 radical (unpaired) electrons. The van der Waals surface area contributed by atoms with E-state index >= 15 is 0 Å². The average Bonchev–Trinajstić information content (AvgIpc) is 2.64. The first-order valence-electron chi connectivity index (χ1n) is 7.58. The number of rotatable bonds is 8. The van der Waals surface area contributed by atoms with Crippen LogP contribution in [0.15, 0.2) is 48.0 Å². The van der Waals surface area contributed by atoms with Gasteiger partial charge in [0.05, 0.1) is 7.11 Å². The van der Waals surface area contributed by atoms with E-state index in [4.69, 9.17) is 36.2 Å². The molecule has 0 aliphatic heterocycles. The Balaban J connectivity index is 2.03. The largest absolute Gasteiger partial charge is 0.493 e. The van der Waals surface area contributed by atoms with Crippen molar-refractivity contribution in [3.05, 3.63) is 58.6 Å². The maximum Gasteiger partial charge on any atom is 0.346 e. The summed E-state index contributed by atoms with van der Waals surface area (Å²) in [6.45, 7) is 0.541. The summed E-state index contributed by atoms with van der Waals surface area (Å²) < 4.78 is 16.4. The van der Waals surface area contributed by atoms with Crippen LogP contribution in [-0.4, -0.2) is 31.4 Å². The smallest absolute Gasteiger partial charge is 0.346 e. The molecule has 134 valence electrons. The third-order valence-electron chi connectivity index (χ3n) is 3.27. The highest BCUT2D eigenvalue weighted by molar-refractivity contribution is 6.30. The van der Waals surface area contributed by atoms with Crippen LogP contribution in [0.2, 0.25) is 5.02 Å². The minimum Gasteiger partial charge on any atom is -0.493 e. The summed E-state index contributed by atoms with van der Waals surface area (Å²) in [4.78, 5) is 10.9. The standard InChI is InChI=1S/C19H16ClNO5/c1-24-17-7-2-13(10-14(12-21)19(22)23)11-18(17)26-9-8-25-16-5-3-15(20)4-6-16/h2-7,10-11H,8-9H2,1H3,(H,22,23). The van der Waals surface area contributed by atoms with Crippen molar-refractivity contribution in [2.24, 2.45) is 0 Å². The van der Waals surface area contributed by atoms with Gasteiger partial charge in [-0.2, -0.15) is 5.26 Å². The molecule has 0 saturated heterocycles. The number of carboxylic acids is 1. The van der Waals surface area contributed by atoms with Crippen LogP contribution in [0.25, 0.3) is 6.08 Å². The summed E-state index contributed by atoms with van der Waals surface area (Å²) in [6.07, 6.45) is 1.26. The van der Waals surface area contributed by atoms with Crippen molar-refractivity contribution >= 4 is 23.6 Å². The van der Waals surface area contributed by atoms with Crippen LogP contribution < -0.4 is 14.2 Å². The van der Waals surface area contributed by atoms with Gasteiger partial charge in [-0.05, 0) is 48.0 Å². The van der Waals surface area contributed by atoms with E-state index in [2.05, 4.69) is 0 Å². The molecule has 0 saturated carbocycles. The Morgan fingerprint density at radius 2 is 1.85 bits per heavy atom. The Morgan fingerprint density at radius 1 is 1.15 bits per heavy atom. The van der Waals surface area contributed by atoms with E-state index in [1.807, 2.05) is 0 Å². The molecule has 7 heteroatoms.